The third-order valence-electron chi connectivity index (χ3n) is 1.35. The standard InChI is InChI=1S/C7H5F3O3S2/c8-7(9,10)15(11,12)13-5-3-1-2-4-6(5)14/h1-4,14H. The third kappa shape index (κ3) is 2.78. The molecule has 0 unspecified atom stereocenters. The Morgan fingerprint density at radius 2 is 1.73 bits per heavy atom. The number of alkyl halides is 3. The number of para-hydroxylation sites is 1. The first kappa shape index (κ1) is 12.2. The average Bonchev–Trinajstić information content (AvgIpc) is 2.06. The monoisotopic (exact) mass is 258 g/mol. The molecule has 1 aromatic rings. The second kappa shape index (κ2) is 3.93. The summed E-state index contributed by atoms with van der Waals surface area (Å²) in [5, 5.41) is 0. The summed E-state index contributed by atoms with van der Waals surface area (Å²) >= 11 is 3.75. The molecule has 0 heterocycles. The normalized spacial score (nSPS) is 12.5. The number of thiol groups is 1. The molecule has 1 rings (SSSR count). The van der Waals surface area contributed by atoms with E-state index in [0.717, 1.165) is 6.07 Å². The Hall–Kier alpha value is -0.890. The van der Waals surface area contributed by atoms with E-state index in [1.165, 1.54) is 18.2 Å². The lowest BCUT2D eigenvalue weighted by molar-refractivity contribution is -0.0500. The molecule has 3 nitrogen and oxygen atoms in total. The van der Waals surface area contributed by atoms with Crippen molar-refractivity contribution >= 4 is 22.7 Å². The lowest BCUT2D eigenvalue weighted by atomic mass is 10.3. The minimum Gasteiger partial charge on any atom is -0.375 e. The summed E-state index contributed by atoms with van der Waals surface area (Å²) in [4.78, 5) is 0.00493. The lowest BCUT2D eigenvalue weighted by Crippen LogP contribution is -2.28. The zero-order chi connectivity index (χ0) is 11.7. The maximum Gasteiger partial charge on any atom is 0.534 e. The van der Waals surface area contributed by atoms with Crippen LogP contribution in [0.5, 0.6) is 5.75 Å². The van der Waals surface area contributed by atoms with Crippen molar-refractivity contribution in [2.24, 2.45) is 0 Å². The van der Waals surface area contributed by atoms with Gasteiger partial charge in [0.1, 0.15) is 0 Å². The second-order valence-electron chi connectivity index (χ2n) is 2.45. The van der Waals surface area contributed by atoms with Crippen LogP contribution in [0, 0.1) is 0 Å². The molecule has 15 heavy (non-hydrogen) atoms. The topological polar surface area (TPSA) is 43.4 Å². The summed E-state index contributed by atoms with van der Waals surface area (Å²) in [7, 11) is -5.62. The van der Waals surface area contributed by atoms with Gasteiger partial charge in [0.05, 0.1) is 0 Å². The number of rotatable bonds is 2. The van der Waals surface area contributed by atoms with Gasteiger partial charge in [0, 0.05) is 4.90 Å². The van der Waals surface area contributed by atoms with Gasteiger partial charge in [-0.3, -0.25) is 0 Å². The fourth-order valence-corrected chi connectivity index (χ4v) is 1.44. The molecule has 0 aliphatic carbocycles. The molecule has 0 saturated heterocycles. The lowest BCUT2D eigenvalue weighted by Gasteiger charge is -2.10. The smallest absolute Gasteiger partial charge is 0.375 e. The van der Waals surface area contributed by atoms with Crippen LogP contribution in [0.25, 0.3) is 0 Å². The van der Waals surface area contributed by atoms with Gasteiger partial charge in [0.2, 0.25) is 0 Å². The number of hydrogen-bond acceptors (Lipinski definition) is 4. The molecule has 0 aliphatic heterocycles. The highest BCUT2D eigenvalue weighted by Crippen LogP contribution is 2.29. The summed E-state index contributed by atoms with van der Waals surface area (Å²) in [5.41, 5.74) is -5.44. The molecule has 0 fully saturated rings. The van der Waals surface area contributed by atoms with Gasteiger partial charge in [-0.25, -0.2) is 0 Å². The van der Waals surface area contributed by atoms with E-state index in [1.54, 1.807) is 0 Å². The molecule has 0 radical (unpaired) electrons. The molecular weight excluding hydrogens is 253 g/mol. The Labute approximate surface area is 89.4 Å². The molecule has 1 aromatic carbocycles. The Kier molecular flexibility index (Phi) is 3.19. The minimum atomic E-state index is -5.62. The third-order valence-corrected chi connectivity index (χ3v) is 2.68. The SMILES string of the molecule is O=S(=O)(Oc1ccccc1S)C(F)(F)F. The Morgan fingerprint density at radius 1 is 1.20 bits per heavy atom. The quantitative estimate of drug-likeness (QED) is 0.502. The molecule has 0 N–H and O–H groups in total. The first-order valence-electron chi connectivity index (χ1n) is 3.53. The highest BCUT2D eigenvalue weighted by molar-refractivity contribution is 7.88. The number of hydrogen-bond donors (Lipinski definition) is 1. The molecule has 0 atom stereocenters. The minimum absolute atomic E-state index is 0.00493. The maximum absolute atomic E-state index is 11.9. The first-order chi connectivity index (χ1) is 6.74. The summed E-state index contributed by atoms with van der Waals surface area (Å²) < 4.78 is 60.8. The van der Waals surface area contributed by atoms with Crippen LogP contribution >= 0.6 is 12.6 Å². The van der Waals surface area contributed by atoms with Crippen LogP contribution in [-0.4, -0.2) is 13.9 Å². The fraction of sp³-hybridized carbons (Fsp3) is 0.143. The maximum atomic E-state index is 11.9. The van der Waals surface area contributed by atoms with Crippen molar-refractivity contribution in [3.05, 3.63) is 24.3 Å². The van der Waals surface area contributed by atoms with Crippen LogP contribution in [-0.2, 0) is 10.1 Å². The van der Waals surface area contributed by atoms with Gasteiger partial charge in [-0.2, -0.15) is 21.6 Å². The van der Waals surface area contributed by atoms with Crippen molar-refractivity contribution < 1.29 is 25.8 Å². The van der Waals surface area contributed by atoms with E-state index >= 15 is 0 Å². The second-order valence-corrected chi connectivity index (χ2v) is 4.47. The van der Waals surface area contributed by atoms with E-state index in [0.29, 0.717) is 0 Å². The van der Waals surface area contributed by atoms with E-state index in [4.69, 9.17) is 0 Å². The van der Waals surface area contributed by atoms with Crippen molar-refractivity contribution in [1.29, 1.82) is 0 Å². The van der Waals surface area contributed by atoms with Crippen LogP contribution < -0.4 is 4.18 Å². The van der Waals surface area contributed by atoms with Crippen LogP contribution in [0.15, 0.2) is 29.2 Å². The molecule has 0 bridgehead atoms. The van der Waals surface area contributed by atoms with Gasteiger partial charge in [0.15, 0.2) is 5.75 Å². The number of benzene rings is 1. The predicted molar refractivity (Wildman–Crippen MR) is 49.3 cm³/mol. The van der Waals surface area contributed by atoms with Crippen LogP contribution in [0.4, 0.5) is 13.2 Å². The van der Waals surface area contributed by atoms with E-state index in [-0.39, 0.29) is 4.90 Å². The summed E-state index contributed by atoms with van der Waals surface area (Å²) in [5.74, 6) is -0.460. The molecule has 84 valence electrons. The highest BCUT2D eigenvalue weighted by atomic mass is 32.2. The van der Waals surface area contributed by atoms with E-state index in [1.807, 2.05) is 0 Å². The average molecular weight is 258 g/mol. The zero-order valence-electron chi connectivity index (χ0n) is 7.02. The van der Waals surface area contributed by atoms with Crippen LogP contribution in [0.3, 0.4) is 0 Å². The van der Waals surface area contributed by atoms with E-state index < -0.39 is 21.4 Å². The molecular formula is C7H5F3O3S2. The van der Waals surface area contributed by atoms with Gasteiger partial charge in [0.25, 0.3) is 0 Å². The van der Waals surface area contributed by atoms with Gasteiger partial charge in [-0.05, 0) is 12.1 Å². The van der Waals surface area contributed by atoms with Crippen molar-refractivity contribution in [2.75, 3.05) is 0 Å². The van der Waals surface area contributed by atoms with Crippen LogP contribution in [0.1, 0.15) is 0 Å². The van der Waals surface area contributed by atoms with Crippen molar-refractivity contribution in [1.82, 2.24) is 0 Å². The van der Waals surface area contributed by atoms with Gasteiger partial charge in [-0.15, -0.1) is 12.6 Å². The molecule has 0 aromatic heterocycles. The van der Waals surface area contributed by atoms with Gasteiger partial charge >= 0.3 is 15.6 Å². The van der Waals surface area contributed by atoms with Crippen molar-refractivity contribution in [3.63, 3.8) is 0 Å². The molecule has 0 aliphatic rings. The molecule has 8 heteroatoms. The van der Waals surface area contributed by atoms with E-state index in [2.05, 4.69) is 16.8 Å². The summed E-state index contributed by atoms with van der Waals surface area (Å²) in [6.45, 7) is 0. The highest BCUT2D eigenvalue weighted by Gasteiger charge is 2.48. The van der Waals surface area contributed by atoms with Crippen molar-refractivity contribution in [2.45, 2.75) is 10.4 Å². The molecule has 0 amide bonds. The number of halogens is 3. The Bertz CT molecular complexity index is 453. The fourth-order valence-electron chi connectivity index (χ4n) is 0.693. The van der Waals surface area contributed by atoms with Gasteiger partial charge in [-0.1, -0.05) is 12.1 Å². The largest absolute Gasteiger partial charge is 0.534 e. The predicted octanol–water partition coefficient (Wildman–Crippen LogP) is 2.20. The van der Waals surface area contributed by atoms with E-state index in [9.17, 15) is 21.6 Å². The first-order valence-corrected chi connectivity index (χ1v) is 5.38. The Balaban J connectivity index is 3.03. The zero-order valence-corrected chi connectivity index (χ0v) is 8.73. The van der Waals surface area contributed by atoms with Crippen molar-refractivity contribution in [3.8, 4) is 5.75 Å². The molecule has 0 spiro atoms. The Morgan fingerprint density at radius 3 is 2.20 bits per heavy atom. The van der Waals surface area contributed by atoms with Crippen LogP contribution in [0.2, 0.25) is 0 Å². The van der Waals surface area contributed by atoms with Gasteiger partial charge < -0.3 is 4.18 Å². The summed E-state index contributed by atoms with van der Waals surface area (Å²) in [6, 6.07) is 5.20. The molecule has 0 saturated carbocycles. The summed E-state index contributed by atoms with van der Waals surface area (Å²) in [6.07, 6.45) is 0.